The summed E-state index contributed by atoms with van der Waals surface area (Å²) >= 11 is 0. The fraction of sp³-hybridized carbons (Fsp3) is 0.693. The Hall–Kier alpha value is -7.65. The highest BCUT2D eigenvalue weighted by Gasteiger charge is 2.50. The number of allylic oxidation sites excluding steroid dienone is 15. The van der Waals surface area contributed by atoms with Gasteiger partial charge in [0.05, 0.1) is 80.4 Å². The predicted molar refractivity (Wildman–Crippen MR) is 604 cm³/mol. The fourth-order valence-corrected chi connectivity index (χ4v) is 16.0. The Balaban J connectivity index is 0. The van der Waals surface area contributed by atoms with Crippen molar-refractivity contribution in [3.8, 4) is 18.1 Å². The van der Waals surface area contributed by atoms with E-state index in [4.69, 9.17) is 49.1 Å². The number of epoxide rings is 3. The van der Waals surface area contributed by atoms with Crippen molar-refractivity contribution < 1.29 is 76.1 Å². The maximum atomic E-state index is 11.5. The number of methoxy groups -OCH3 is 4. The van der Waals surface area contributed by atoms with E-state index in [1.807, 2.05) is 80.7 Å². The topological polar surface area (TPSA) is 197 Å². The average molecular weight is 2000 g/mol. The normalized spacial score (nSPS) is 18.2. The van der Waals surface area contributed by atoms with E-state index in [1.165, 1.54) is 170 Å². The zero-order valence-corrected chi connectivity index (χ0v) is 97.7. The van der Waals surface area contributed by atoms with E-state index >= 15 is 0 Å². The SMILES string of the molecule is C#CC(C)OC(=O)/C=C(C)/C=C/CC(C)CCCC(C)C.CC/C(=C\CC/C(C)=C/C(=O)OC)CCCC1OC1(C)C.CCC(CCOc1ccc(C)cc1)CCC1OC1(C)CC.CCOC(=O)/C=C(C)/C=C/CC(C)CCCC(C)C.COC(=O)/C=C(\C)CC/C=C(\C)CCCC1OC1C.COC(C)(C)CCCC(C)C/C=C/C(C)=C/C(=O)OC(C)C.COC(C)(C)CCCC(C)CCCc1ccc(C)cc1. The third kappa shape index (κ3) is 80.2. The number of terminal acetylenes is 1. The van der Waals surface area contributed by atoms with Crippen LogP contribution < -0.4 is 4.74 Å². The quantitative estimate of drug-likeness (QED) is 0.0115. The Morgan fingerprint density at radius 1 is 0.483 bits per heavy atom. The molecule has 0 radical (unpaired) electrons. The molecule has 2 aromatic carbocycles. The van der Waals surface area contributed by atoms with Gasteiger partial charge in [0.1, 0.15) is 5.75 Å². The summed E-state index contributed by atoms with van der Waals surface area (Å²) in [6.45, 7) is 66.8. The van der Waals surface area contributed by atoms with Gasteiger partial charge in [0.15, 0.2) is 6.10 Å². The smallest absolute Gasteiger partial charge is 0.332 e. The lowest BCUT2D eigenvalue weighted by Crippen LogP contribution is -2.22. The maximum absolute atomic E-state index is 11.5. The van der Waals surface area contributed by atoms with Crippen molar-refractivity contribution in [1.29, 1.82) is 0 Å². The van der Waals surface area contributed by atoms with Crippen molar-refractivity contribution in [2.75, 3.05) is 41.7 Å². The predicted octanol–water partition coefficient (Wildman–Crippen LogP) is 33.9. The first-order valence-electron chi connectivity index (χ1n) is 55.2. The Bertz CT molecular complexity index is 4090. The largest absolute Gasteiger partial charge is 0.494 e. The lowest BCUT2D eigenvalue weighted by Gasteiger charge is -2.23. The molecule has 2 aromatic rings. The monoisotopic (exact) mass is 1990 g/mol. The summed E-state index contributed by atoms with van der Waals surface area (Å²) in [5.41, 5.74) is 12.3. The van der Waals surface area contributed by atoms with Crippen LogP contribution in [0.1, 0.15) is 429 Å². The second kappa shape index (κ2) is 80.4. The van der Waals surface area contributed by atoms with Crippen LogP contribution in [0.15, 0.2) is 167 Å². The van der Waals surface area contributed by atoms with Crippen LogP contribution >= 0.6 is 0 Å². The van der Waals surface area contributed by atoms with Gasteiger partial charge < -0.3 is 52.1 Å². The molecule has 16 heteroatoms. The number of rotatable bonds is 63. The van der Waals surface area contributed by atoms with E-state index in [-0.39, 0.29) is 58.4 Å². The molecule has 11 unspecified atom stereocenters. The highest BCUT2D eigenvalue weighted by molar-refractivity contribution is 5.85. The van der Waals surface area contributed by atoms with Crippen LogP contribution in [0.4, 0.5) is 0 Å². The van der Waals surface area contributed by atoms with Crippen LogP contribution in [0, 0.1) is 67.6 Å². The molecule has 143 heavy (non-hydrogen) atoms. The van der Waals surface area contributed by atoms with Crippen LogP contribution in [0.3, 0.4) is 0 Å². The number of esters is 5. The van der Waals surface area contributed by atoms with Crippen LogP contribution in [0.25, 0.3) is 0 Å². The van der Waals surface area contributed by atoms with Gasteiger partial charge in [-0.3, -0.25) is 0 Å². The van der Waals surface area contributed by atoms with Gasteiger partial charge in [-0.15, -0.1) is 6.42 Å². The van der Waals surface area contributed by atoms with Crippen molar-refractivity contribution >= 4 is 29.8 Å². The van der Waals surface area contributed by atoms with Gasteiger partial charge in [0.25, 0.3) is 0 Å². The van der Waals surface area contributed by atoms with Gasteiger partial charge in [-0.25, -0.2) is 24.0 Å². The van der Waals surface area contributed by atoms with Crippen LogP contribution in [-0.4, -0.2) is 131 Å². The zero-order valence-electron chi connectivity index (χ0n) is 97.7. The minimum atomic E-state index is -0.480. The van der Waals surface area contributed by atoms with E-state index in [2.05, 4.69) is 247 Å². The van der Waals surface area contributed by atoms with Gasteiger partial charge in [-0.2, -0.15) is 0 Å². The first-order chi connectivity index (χ1) is 67.4. The summed E-state index contributed by atoms with van der Waals surface area (Å²) in [5, 5.41) is 0. The Labute approximate surface area is 877 Å². The molecule has 0 aliphatic carbocycles. The molecule has 0 saturated carbocycles. The van der Waals surface area contributed by atoms with Crippen LogP contribution in [0.5, 0.6) is 5.75 Å². The van der Waals surface area contributed by atoms with E-state index in [1.54, 1.807) is 38.3 Å². The molecular weight excluding hydrogens is 1780 g/mol. The van der Waals surface area contributed by atoms with Crippen LogP contribution in [0.2, 0.25) is 0 Å². The van der Waals surface area contributed by atoms with E-state index in [9.17, 15) is 24.0 Å². The molecule has 11 atom stereocenters. The number of hydrogen-bond donors (Lipinski definition) is 0. The van der Waals surface area contributed by atoms with Gasteiger partial charge >= 0.3 is 29.8 Å². The van der Waals surface area contributed by atoms with Gasteiger partial charge in [0, 0.05) is 44.6 Å². The minimum absolute atomic E-state index is 0.0222. The summed E-state index contributed by atoms with van der Waals surface area (Å²) in [4.78, 5) is 56.3. The summed E-state index contributed by atoms with van der Waals surface area (Å²) in [6.07, 6.45) is 71.1. The molecule has 3 fully saturated rings. The number of benzene rings is 2. The summed E-state index contributed by atoms with van der Waals surface area (Å²) in [5.74, 6) is 7.11. The second-order valence-corrected chi connectivity index (χ2v) is 44.0. The van der Waals surface area contributed by atoms with Crippen molar-refractivity contribution in [3.63, 3.8) is 0 Å². The molecular formula is C127H212O16. The highest BCUT2D eigenvalue weighted by Crippen LogP contribution is 2.43. The molecule has 3 saturated heterocycles. The lowest BCUT2D eigenvalue weighted by molar-refractivity contribution is -0.141. The zero-order chi connectivity index (χ0) is 109. The molecule has 0 spiro atoms. The first kappa shape index (κ1) is 137. The van der Waals surface area contributed by atoms with Crippen molar-refractivity contribution in [1.82, 2.24) is 0 Å². The third-order valence-electron chi connectivity index (χ3n) is 26.8. The second-order valence-electron chi connectivity index (χ2n) is 44.0. The third-order valence-corrected chi connectivity index (χ3v) is 26.8. The van der Waals surface area contributed by atoms with Crippen molar-refractivity contribution in [2.45, 2.75) is 492 Å². The fourth-order valence-electron chi connectivity index (χ4n) is 16.0. The van der Waals surface area contributed by atoms with E-state index in [0.717, 1.165) is 160 Å². The molecule has 3 heterocycles. The van der Waals surface area contributed by atoms with E-state index in [0.29, 0.717) is 48.8 Å². The van der Waals surface area contributed by atoms with Gasteiger partial charge in [-0.1, -0.05) is 278 Å². The first-order valence-corrected chi connectivity index (χ1v) is 55.2. The van der Waals surface area contributed by atoms with E-state index < -0.39 is 6.10 Å². The number of hydrogen-bond acceptors (Lipinski definition) is 16. The van der Waals surface area contributed by atoms with Crippen molar-refractivity contribution in [3.05, 3.63) is 183 Å². The highest BCUT2D eigenvalue weighted by atomic mass is 16.6. The Morgan fingerprint density at radius 3 is 1.34 bits per heavy atom. The summed E-state index contributed by atoms with van der Waals surface area (Å²) < 4.78 is 57.7. The number of aryl methyl sites for hydroxylation is 3. The average Bonchev–Trinajstić information content (AvgIpc) is 1.63. The molecule has 0 bridgehead atoms. The minimum Gasteiger partial charge on any atom is -0.494 e. The van der Waals surface area contributed by atoms with Gasteiger partial charge in [0.2, 0.25) is 0 Å². The molecule has 0 N–H and O–H groups in total. The molecule has 816 valence electrons. The van der Waals surface area contributed by atoms with Crippen LogP contribution in [-0.2, 0) is 77.8 Å². The number of carbonyl (C=O) groups is 5. The standard InChI is InChI=1S/C19H34O3.2C19H30O2.C19H32O.C18H30O3.C17H30O2.C16H26O3/c1-15(2)22-18(20)14-17(4)11-8-10-16(3)12-9-13-19(5,6)21-7;1-5-16(9-12-18-19(4,6-2)21-18)13-14-20-17-10-7-15(3)8-11-17;1-7-18(6)21-19(20)14-17(5)13-9-12-16(4)11-8-10-15(2)3;1-16(9-7-15-19(3,4)20-5)8-6-10-18-13-11-17(2)12-14-18;1-6-15(11-8-12-16-18(3,4)21-16)10-7-9-14(2)13-17(19)20-5;1-6-19-17(18)13-16(5)12-8-11-15(4)10-7-9-14(2)3;1-12(8-6-10-15-14(3)19-15)7-5-9-13(2)11-16(17)18-4/h8,11,14-16H,9-10,12-13H2,1-7H3;7-8,10-11,16,18H,5-6,9,12-14H2,1-4H3;1,9,13-16,18H,8,10-12H2,2-6H3;11-14,16H,6-10,15H2,1-5H3;10,13,16H,6-9,11-12H2,1-5H3;8,12-15H,6-7,9-11H2,1-5H3;7,11,14-15H,5-6,8-10H2,1-4H3/b11-8+,17-14+;;13-9+,17-14+;;14-13+,15-10+;12-8+,16-13+;12-7+,13-11+. The molecule has 0 amide bonds. The maximum Gasteiger partial charge on any atom is 0.332 e. The summed E-state index contributed by atoms with van der Waals surface area (Å²) in [7, 11) is 6.39. The lowest BCUT2D eigenvalue weighted by atomic mass is 9.93. The Morgan fingerprint density at radius 2 is 0.923 bits per heavy atom. The Kier molecular flexibility index (Phi) is 77.3. The molecule has 0 aromatic heterocycles. The molecule has 5 rings (SSSR count). The van der Waals surface area contributed by atoms with Crippen molar-refractivity contribution in [2.24, 2.45) is 41.4 Å². The molecule has 3 aliphatic heterocycles. The summed E-state index contributed by atoms with van der Waals surface area (Å²) in [6, 6.07) is 17.3. The molecule has 3 aliphatic rings. The number of carbonyl (C=O) groups excluding carboxylic acids is 5. The molecule has 16 nitrogen and oxygen atoms in total. The number of ether oxygens (including phenoxy) is 11. The van der Waals surface area contributed by atoms with Gasteiger partial charge in [-0.05, 0) is 356 Å².